The summed E-state index contributed by atoms with van der Waals surface area (Å²) in [7, 11) is 0. The van der Waals surface area contributed by atoms with Gasteiger partial charge in [-0.3, -0.25) is 16.3 Å². The molecule has 0 aromatic carbocycles. The Kier molecular flexibility index (Phi) is 3.57. The third-order valence-corrected chi connectivity index (χ3v) is 3.26. The minimum atomic E-state index is 0.154. The molecule has 3 N–H and O–H groups in total. The van der Waals surface area contributed by atoms with Crippen LogP contribution in [0.4, 0.5) is 0 Å². The maximum atomic E-state index is 6.07. The van der Waals surface area contributed by atoms with E-state index in [1.165, 1.54) is 19.3 Å². The average molecular weight is 226 g/mol. The normalized spacial score (nSPS) is 17.7. The Hall–Kier alpha value is -0.640. The fraction of sp³-hybridized carbons (Fsp3) is 0.545. The second-order valence-corrected chi connectivity index (χ2v) is 4.54. The van der Waals surface area contributed by atoms with Gasteiger partial charge in [0.05, 0.1) is 5.02 Å². The van der Waals surface area contributed by atoms with E-state index in [1.807, 2.05) is 6.07 Å². The van der Waals surface area contributed by atoms with Crippen LogP contribution in [-0.4, -0.2) is 4.98 Å². The van der Waals surface area contributed by atoms with Crippen molar-refractivity contribution < 1.29 is 0 Å². The maximum Gasteiger partial charge on any atom is 0.0637 e. The summed E-state index contributed by atoms with van der Waals surface area (Å²) in [6.45, 7) is 0. The number of rotatable bonds is 5. The van der Waals surface area contributed by atoms with E-state index in [1.54, 1.807) is 12.4 Å². The maximum absolute atomic E-state index is 6.07. The molecule has 15 heavy (non-hydrogen) atoms. The van der Waals surface area contributed by atoms with Crippen molar-refractivity contribution >= 4 is 11.6 Å². The van der Waals surface area contributed by atoms with Gasteiger partial charge in [-0.1, -0.05) is 24.4 Å². The van der Waals surface area contributed by atoms with E-state index in [2.05, 4.69) is 10.4 Å². The molecule has 1 unspecified atom stereocenters. The highest BCUT2D eigenvalue weighted by atomic mass is 35.5. The smallest absolute Gasteiger partial charge is 0.0637 e. The predicted octanol–water partition coefficient (Wildman–Crippen LogP) is 2.43. The number of pyridine rings is 1. The minimum absolute atomic E-state index is 0.154. The number of hydrazine groups is 1. The second-order valence-electron chi connectivity index (χ2n) is 4.14. The summed E-state index contributed by atoms with van der Waals surface area (Å²) in [6, 6.07) is 2.08. The number of hydrogen-bond acceptors (Lipinski definition) is 3. The van der Waals surface area contributed by atoms with Gasteiger partial charge in [0.2, 0.25) is 0 Å². The molecule has 2 rings (SSSR count). The van der Waals surface area contributed by atoms with Crippen LogP contribution in [0.3, 0.4) is 0 Å². The van der Waals surface area contributed by atoms with Gasteiger partial charge in [-0.2, -0.15) is 0 Å². The van der Waals surface area contributed by atoms with E-state index in [4.69, 9.17) is 17.4 Å². The molecule has 1 aromatic rings. The molecule has 0 spiro atoms. The topological polar surface area (TPSA) is 50.9 Å². The molecule has 0 radical (unpaired) electrons. The molecular formula is C11H16ClN3. The summed E-state index contributed by atoms with van der Waals surface area (Å²) in [5, 5.41) is 0.691. The summed E-state index contributed by atoms with van der Waals surface area (Å²) >= 11 is 6.07. The van der Waals surface area contributed by atoms with Gasteiger partial charge in [-0.15, -0.1) is 0 Å². The van der Waals surface area contributed by atoms with E-state index in [-0.39, 0.29) is 6.04 Å². The first kappa shape index (κ1) is 10.9. The zero-order valence-electron chi connectivity index (χ0n) is 8.62. The van der Waals surface area contributed by atoms with Crippen molar-refractivity contribution in [1.82, 2.24) is 10.4 Å². The third kappa shape index (κ3) is 2.91. The Morgan fingerprint density at radius 2 is 2.40 bits per heavy atom. The van der Waals surface area contributed by atoms with E-state index < -0.39 is 0 Å². The van der Waals surface area contributed by atoms with Crippen LogP contribution in [0, 0.1) is 5.92 Å². The molecule has 1 fully saturated rings. The van der Waals surface area contributed by atoms with E-state index >= 15 is 0 Å². The Morgan fingerprint density at radius 1 is 1.60 bits per heavy atom. The highest BCUT2D eigenvalue weighted by Crippen LogP contribution is 2.36. The number of nitrogens with one attached hydrogen (secondary N) is 1. The quantitative estimate of drug-likeness (QED) is 0.598. The van der Waals surface area contributed by atoms with Crippen LogP contribution < -0.4 is 11.3 Å². The van der Waals surface area contributed by atoms with E-state index in [0.29, 0.717) is 5.02 Å². The summed E-state index contributed by atoms with van der Waals surface area (Å²) in [6.07, 6.45) is 8.45. The lowest BCUT2D eigenvalue weighted by atomic mass is 10.0. The Labute approximate surface area is 95.0 Å². The van der Waals surface area contributed by atoms with Crippen LogP contribution in [0.25, 0.3) is 0 Å². The van der Waals surface area contributed by atoms with Crippen molar-refractivity contribution in [3.8, 4) is 0 Å². The summed E-state index contributed by atoms with van der Waals surface area (Å²) < 4.78 is 0. The van der Waals surface area contributed by atoms with Crippen molar-refractivity contribution in [2.45, 2.75) is 31.7 Å². The number of nitrogens with zero attached hydrogens (tertiary/aromatic N) is 1. The van der Waals surface area contributed by atoms with Gasteiger partial charge in [-0.05, 0) is 30.4 Å². The fourth-order valence-electron chi connectivity index (χ4n) is 1.81. The zero-order valence-corrected chi connectivity index (χ0v) is 9.37. The number of aromatic nitrogens is 1. The van der Waals surface area contributed by atoms with Crippen LogP contribution in [0.1, 0.15) is 37.3 Å². The minimum Gasteiger partial charge on any atom is -0.271 e. The summed E-state index contributed by atoms with van der Waals surface area (Å²) in [5.74, 6) is 6.47. The molecule has 1 atom stereocenters. The largest absolute Gasteiger partial charge is 0.271 e. The lowest BCUT2D eigenvalue weighted by molar-refractivity contribution is 0.481. The van der Waals surface area contributed by atoms with Crippen molar-refractivity contribution in [2.75, 3.05) is 0 Å². The highest BCUT2D eigenvalue weighted by Gasteiger charge is 2.23. The lowest BCUT2D eigenvalue weighted by Gasteiger charge is -2.16. The van der Waals surface area contributed by atoms with Crippen molar-refractivity contribution in [3.63, 3.8) is 0 Å². The lowest BCUT2D eigenvalue weighted by Crippen LogP contribution is -2.28. The summed E-state index contributed by atoms with van der Waals surface area (Å²) in [4.78, 5) is 3.97. The molecule has 1 saturated carbocycles. The van der Waals surface area contributed by atoms with Crippen LogP contribution in [0.2, 0.25) is 5.02 Å². The molecule has 3 nitrogen and oxygen atoms in total. The van der Waals surface area contributed by atoms with Gasteiger partial charge in [0.25, 0.3) is 0 Å². The van der Waals surface area contributed by atoms with Crippen LogP contribution in [-0.2, 0) is 0 Å². The van der Waals surface area contributed by atoms with Gasteiger partial charge in [-0.25, -0.2) is 0 Å². The van der Waals surface area contributed by atoms with Gasteiger partial charge < -0.3 is 0 Å². The number of nitrogens with two attached hydrogens (primary N) is 1. The van der Waals surface area contributed by atoms with Crippen molar-refractivity contribution in [1.29, 1.82) is 0 Å². The van der Waals surface area contributed by atoms with Gasteiger partial charge in [0, 0.05) is 18.4 Å². The van der Waals surface area contributed by atoms with E-state index in [9.17, 15) is 0 Å². The van der Waals surface area contributed by atoms with Crippen molar-refractivity contribution in [2.24, 2.45) is 11.8 Å². The molecule has 1 aliphatic rings. The van der Waals surface area contributed by atoms with Crippen molar-refractivity contribution in [3.05, 3.63) is 29.0 Å². The van der Waals surface area contributed by atoms with Crippen LogP contribution in [0.15, 0.2) is 18.5 Å². The highest BCUT2D eigenvalue weighted by molar-refractivity contribution is 6.31. The van der Waals surface area contributed by atoms with Crippen LogP contribution >= 0.6 is 11.6 Å². The Morgan fingerprint density at radius 3 is 3.00 bits per heavy atom. The molecule has 1 aliphatic carbocycles. The molecule has 0 aliphatic heterocycles. The third-order valence-electron chi connectivity index (χ3n) is 2.94. The standard InChI is InChI=1S/C11H16ClN3/c12-10-7-14-6-5-9(10)11(15-13)4-3-8-1-2-8/h5-8,11,15H,1-4,13H2. The monoisotopic (exact) mass is 225 g/mol. The SMILES string of the molecule is NNC(CCC1CC1)c1ccncc1Cl. The molecule has 0 amide bonds. The zero-order chi connectivity index (χ0) is 10.7. The Balaban J connectivity index is 2.00. The first-order chi connectivity index (χ1) is 7.31. The van der Waals surface area contributed by atoms with E-state index in [0.717, 1.165) is 17.9 Å². The second kappa shape index (κ2) is 4.92. The van der Waals surface area contributed by atoms with Gasteiger partial charge >= 0.3 is 0 Å². The molecule has 4 heteroatoms. The Bertz CT molecular complexity index is 325. The molecule has 0 bridgehead atoms. The molecule has 82 valence electrons. The molecule has 1 heterocycles. The van der Waals surface area contributed by atoms with Crippen LogP contribution in [0.5, 0.6) is 0 Å². The number of halogens is 1. The van der Waals surface area contributed by atoms with Gasteiger partial charge in [0.15, 0.2) is 0 Å². The van der Waals surface area contributed by atoms with Gasteiger partial charge in [0.1, 0.15) is 0 Å². The molecule has 1 aromatic heterocycles. The first-order valence-electron chi connectivity index (χ1n) is 5.37. The number of hydrogen-bond donors (Lipinski definition) is 2. The molecule has 0 saturated heterocycles. The predicted molar refractivity (Wildman–Crippen MR) is 61.3 cm³/mol. The molecular weight excluding hydrogens is 210 g/mol. The summed E-state index contributed by atoms with van der Waals surface area (Å²) in [5.41, 5.74) is 3.88. The average Bonchev–Trinajstić information content (AvgIpc) is 3.05. The fourth-order valence-corrected chi connectivity index (χ4v) is 2.06. The first-order valence-corrected chi connectivity index (χ1v) is 5.74.